The van der Waals surface area contributed by atoms with Crippen LogP contribution in [0.5, 0.6) is 0 Å². The van der Waals surface area contributed by atoms with Crippen LogP contribution in [0.15, 0.2) is 18.6 Å². The van der Waals surface area contributed by atoms with E-state index in [2.05, 4.69) is 9.97 Å². The van der Waals surface area contributed by atoms with E-state index in [1.807, 2.05) is 0 Å². The molecule has 1 saturated heterocycles. The van der Waals surface area contributed by atoms with Crippen molar-refractivity contribution in [3.63, 3.8) is 0 Å². The molecule has 26 heavy (non-hydrogen) atoms. The van der Waals surface area contributed by atoms with Gasteiger partial charge in [-0.15, -0.1) is 0 Å². The molecule has 1 aliphatic carbocycles. The van der Waals surface area contributed by atoms with Gasteiger partial charge in [-0.25, -0.2) is 18.2 Å². The monoisotopic (exact) mass is 381 g/mol. The Morgan fingerprint density at radius 3 is 2.50 bits per heavy atom. The van der Waals surface area contributed by atoms with Gasteiger partial charge in [-0.05, 0) is 19.3 Å². The Bertz CT molecular complexity index is 747. The first-order chi connectivity index (χ1) is 12.5. The number of sulfone groups is 1. The molecule has 1 aromatic heterocycles. The van der Waals surface area contributed by atoms with Crippen LogP contribution in [0.2, 0.25) is 0 Å². The molecular weight excluding hydrogens is 358 g/mol. The molecule has 1 amide bonds. The van der Waals surface area contributed by atoms with Gasteiger partial charge in [-0.1, -0.05) is 19.3 Å². The number of hydrogen-bond acceptors (Lipinski definition) is 7. The predicted octanol–water partition coefficient (Wildman–Crippen LogP) is 0.982. The zero-order valence-electron chi connectivity index (χ0n) is 14.5. The Morgan fingerprint density at radius 2 is 1.88 bits per heavy atom. The van der Waals surface area contributed by atoms with Crippen molar-refractivity contribution in [2.45, 2.75) is 50.6 Å². The second-order valence-electron chi connectivity index (χ2n) is 6.82. The second-order valence-corrected chi connectivity index (χ2v) is 9.05. The van der Waals surface area contributed by atoms with Crippen molar-refractivity contribution in [3.05, 3.63) is 24.3 Å². The number of amides is 1. The number of carbonyl (C=O) groups is 2. The summed E-state index contributed by atoms with van der Waals surface area (Å²) in [7, 11) is -3.11. The molecule has 9 heteroatoms. The van der Waals surface area contributed by atoms with Crippen molar-refractivity contribution in [2.75, 3.05) is 18.1 Å². The summed E-state index contributed by atoms with van der Waals surface area (Å²) in [4.78, 5) is 34.1. The van der Waals surface area contributed by atoms with Crippen LogP contribution in [0.1, 0.15) is 49.0 Å². The first-order valence-corrected chi connectivity index (χ1v) is 10.7. The molecule has 1 aliphatic heterocycles. The Morgan fingerprint density at radius 1 is 1.12 bits per heavy atom. The molecule has 3 rings (SSSR count). The molecule has 142 valence electrons. The quantitative estimate of drug-likeness (QED) is 0.700. The van der Waals surface area contributed by atoms with Crippen LogP contribution in [-0.2, 0) is 19.4 Å². The van der Waals surface area contributed by atoms with Crippen molar-refractivity contribution in [1.82, 2.24) is 14.9 Å². The molecule has 0 N–H and O–H groups in total. The normalized spacial score (nSPS) is 22.7. The van der Waals surface area contributed by atoms with E-state index in [4.69, 9.17) is 4.74 Å². The highest BCUT2D eigenvalue weighted by Crippen LogP contribution is 2.28. The standard InChI is InChI=1S/C17H23N3O5S/c21-16(11-25-17(22)15-10-18-7-8-19-15)20(13-4-2-1-3-5-13)14-6-9-26(23,24)12-14/h7-8,10,13-14H,1-6,9,11-12H2/t14-/m0/s1. The zero-order valence-corrected chi connectivity index (χ0v) is 15.4. The zero-order chi connectivity index (χ0) is 18.6. The maximum Gasteiger partial charge on any atom is 0.359 e. The van der Waals surface area contributed by atoms with Crippen molar-refractivity contribution >= 4 is 21.7 Å². The fourth-order valence-corrected chi connectivity index (χ4v) is 5.45. The van der Waals surface area contributed by atoms with Gasteiger partial charge in [0.05, 0.1) is 17.7 Å². The highest BCUT2D eigenvalue weighted by atomic mass is 32.2. The largest absolute Gasteiger partial charge is 0.451 e. The summed E-state index contributed by atoms with van der Waals surface area (Å²) < 4.78 is 28.8. The minimum atomic E-state index is -3.11. The first kappa shape index (κ1) is 18.8. The molecule has 2 fully saturated rings. The first-order valence-electron chi connectivity index (χ1n) is 8.91. The molecular formula is C17H23N3O5S. The maximum atomic E-state index is 12.8. The molecule has 1 saturated carbocycles. The van der Waals surface area contributed by atoms with Crippen LogP contribution in [0.3, 0.4) is 0 Å². The molecule has 1 atom stereocenters. The Hall–Kier alpha value is -2.03. The average Bonchev–Trinajstić information content (AvgIpc) is 3.01. The third-order valence-electron chi connectivity index (χ3n) is 4.96. The number of hydrogen-bond donors (Lipinski definition) is 0. The minimum Gasteiger partial charge on any atom is -0.451 e. The van der Waals surface area contributed by atoms with E-state index in [0.717, 1.165) is 32.1 Å². The smallest absolute Gasteiger partial charge is 0.359 e. The lowest BCUT2D eigenvalue weighted by Gasteiger charge is -2.38. The number of carbonyl (C=O) groups excluding carboxylic acids is 2. The van der Waals surface area contributed by atoms with Gasteiger partial charge in [0.1, 0.15) is 0 Å². The Kier molecular flexibility index (Phi) is 5.85. The van der Waals surface area contributed by atoms with Crippen LogP contribution in [-0.4, -0.2) is 65.4 Å². The summed E-state index contributed by atoms with van der Waals surface area (Å²) in [5.41, 5.74) is 0.0351. The van der Waals surface area contributed by atoms with E-state index in [0.29, 0.717) is 6.42 Å². The SMILES string of the molecule is O=C(OCC(=O)N(C1CCCCC1)[C@H]1CCS(=O)(=O)C1)c1cnccn1. The molecule has 0 unspecified atom stereocenters. The Balaban J connectivity index is 1.67. The molecule has 2 heterocycles. The number of aromatic nitrogens is 2. The van der Waals surface area contributed by atoms with E-state index < -0.39 is 22.4 Å². The Labute approximate surface area is 152 Å². The molecule has 0 radical (unpaired) electrons. The minimum absolute atomic E-state index is 0.00660. The molecule has 0 aromatic carbocycles. The lowest BCUT2D eigenvalue weighted by atomic mass is 9.93. The molecule has 0 spiro atoms. The van der Waals surface area contributed by atoms with Crippen molar-refractivity contribution < 1.29 is 22.7 Å². The van der Waals surface area contributed by atoms with Gasteiger partial charge in [0.15, 0.2) is 22.1 Å². The van der Waals surface area contributed by atoms with Crippen molar-refractivity contribution in [1.29, 1.82) is 0 Å². The van der Waals surface area contributed by atoms with E-state index in [1.165, 1.54) is 18.6 Å². The number of ether oxygens (including phenoxy) is 1. The van der Waals surface area contributed by atoms with Crippen LogP contribution in [0.25, 0.3) is 0 Å². The van der Waals surface area contributed by atoms with Gasteiger partial charge in [0.25, 0.3) is 5.91 Å². The van der Waals surface area contributed by atoms with E-state index in [9.17, 15) is 18.0 Å². The van der Waals surface area contributed by atoms with Gasteiger partial charge < -0.3 is 9.64 Å². The highest BCUT2D eigenvalue weighted by molar-refractivity contribution is 7.91. The summed E-state index contributed by atoms with van der Waals surface area (Å²) >= 11 is 0. The third kappa shape index (κ3) is 4.57. The van der Waals surface area contributed by atoms with Crippen LogP contribution in [0.4, 0.5) is 0 Å². The maximum absolute atomic E-state index is 12.8. The van der Waals surface area contributed by atoms with Gasteiger partial charge in [-0.2, -0.15) is 0 Å². The molecule has 8 nitrogen and oxygen atoms in total. The fraction of sp³-hybridized carbons (Fsp3) is 0.647. The number of esters is 1. The van der Waals surface area contributed by atoms with Gasteiger partial charge in [0.2, 0.25) is 0 Å². The second kappa shape index (κ2) is 8.11. The lowest BCUT2D eigenvalue weighted by Crippen LogP contribution is -2.50. The van der Waals surface area contributed by atoms with Crippen LogP contribution < -0.4 is 0 Å². The van der Waals surface area contributed by atoms with Crippen molar-refractivity contribution in [3.8, 4) is 0 Å². The van der Waals surface area contributed by atoms with Gasteiger partial charge in [0, 0.05) is 24.5 Å². The van der Waals surface area contributed by atoms with E-state index in [-0.39, 0.29) is 35.2 Å². The van der Waals surface area contributed by atoms with Crippen molar-refractivity contribution in [2.24, 2.45) is 0 Å². The van der Waals surface area contributed by atoms with Crippen LogP contribution >= 0.6 is 0 Å². The highest BCUT2D eigenvalue weighted by Gasteiger charge is 2.38. The summed E-state index contributed by atoms with van der Waals surface area (Å²) in [5, 5.41) is 0. The summed E-state index contributed by atoms with van der Waals surface area (Å²) in [6.45, 7) is -0.414. The van der Waals surface area contributed by atoms with E-state index >= 15 is 0 Å². The molecule has 0 bridgehead atoms. The topological polar surface area (TPSA) is 107 Å². The molecule has 2 aliphatic rings. The summed E-state index contributed by atoms with van der Waals surface area (Å²) in [6.07, 6.45) is 9.42. The van der Waals surface area contributed by atoms with E-state index in [1.54, 1.807) is 4.90 Å². The number of rotatable bonds is 5. The average molecular weight is 381 g/mol. The summed E-state index contributed by atoms with van der Waals surface area (Å²) in [5.74, 6) is -0.953. The third-order valence-corrected chi connectivity index (χ3v) is 6.71. The van der Waals surface area contributed by atoms with Gasteiger partial charge >= 0.3 is 5.97 Å². The number of nitrogens with zero attached hydrogens (tertiary/aromatic N) is 3. The predicted molar refractivity (Wildman–Crippen MR) is 93.1 cm³/mol. The lowest BCUT2D eigenvalue weighted by molar-refractivity contribution is -0.140. The summed E-state index contributed by atoms with van der Waals surface area (Å²) in [6, 6.07) is -0.310. The van der Waals surface area contributed by atoms with Gasteiger partial charge in [-0.3, -0.25) is 9.78 Å². The fourth-order valence-electron chi connectivity index (χ4n) is 3.74. The van der Waals surface area contributed by atoms with Crippen LogP contribution in [0, 0.1) is 0 Å². The molecule has 1 aromatic rings.